The number of likely N-dealkylation sites (N-methyl/N-ethyl adjacent to an activating group) is 1. The zero-order chi connectivity index (χ0) is 12.7. The van der Waals surface area contributed by atoms with Crippen LogP contribution in [0.2, 0.25) is 0 Å². The largest absolute Gasteiger partial charge is 0.497 e. The number of nitrogens with one attached hydrogen (secondary N) is 1. The van der Waals surface area contributed by atoms with Gasteiger partial charge in [-0.15, -0.1) is 0 Å². The van der Waals surface area contributed by atoms with E-state index in [0.29, 0.717) is 0 Å². The van der Waals surface area contributed by atoms with Gasteiger partial charge in [0.1, 0.15) is 11.5 Å². The lowest BCUT2D eigenvalue weighted by molar-refractivity contribution is 0.318. The molecular formula is C13H22N2O2. The molecule has 17 heavy (non-hydrogen) atoms. The Balaban J connectivity index is 2.67. The van der Waals surface area contributed by atoms with Gasteiger partial charge in [-0.3, -0.25) is 4.90 Å². The summed E-state index contributed by atoms with van der Waals surface area (Å²) in [7, 11) is 7.41. The Labute approximate surface area is 104 Å². The van der Waals surface area contributed by atoms with Crippen molar-refractivity contribution in [2.24, 2.45) is 0 Å². The number of hydrogen-bond acceptors (Lipinski definition) is 4. The highest BCUT2D eigenvalue weighted by Gasteiger charge is 2.06. The Morgan fingerprint density at radius 1 is 1.24 bits per heavy atom. The standard InChI is InChI=1S/C13H22N2O2/c1-14-10-15(2)8-7-11-9-12(16-3)5-6-13(11)17-4/h5-6,9,14H,7-8,10H2,1-4H3. The van der Waals surface area contributed by atoms with Gasteiger partial charge in [-0.05, 0) is 44.3 Å². The summed E-state index contributed by atoms with van der Waals surface area (Å²) in [6, 6.07) is 5.90. The smallest absolute Gasteiger partial charge is 0.122 e. The molecule has 0 aromatic heterocycles. The van der Waals surface area contributed by atoms with Crippen molar-refractivity contribution in [2.75, 3.05) is 41.5 Å². The lowest BCUT2D eigenvalue weighted by atomic mass is 10.1. The van der Waals surface area contributed by atoms with Crippen LogP contribution in [0, 0.1) is 0 Å². The lowest BCUT2D eigenvalue weighted by Crippen LogP contribution is -2.30. The maximum atomic E-state index is 5.35. The summed E-state index contributed by atoms with van der Waals surface area (Å²) in [5.74, 6) is 1.79. The molecule has 1 aromatic rings. The average Bonchev–Trinajstić information content (AvgIpc) is 2.36. The highest BCUT2D eigenvalue weighted by atomic mass is 16.5. The van der Waals surface area contributed by atoms with E-state index in [4.69, 9.17) is 9.47 Å². The number of methoxy groups -OCH3 is 2. The SMILES string of the molecule is CNCN(C)CCc1cc(OC)ccc1OC. The lowest BCUT2D eigenvalue weighted by Gasteiger charge is -2.17. The molecule has 1 rings (SSSR count). The minimum absolute atomic E-state index is 0.872. The normalized spacial score (nSPS) is 10.6. The van der Waals surface area contributed by atoms with Crippen LogP contribution in [0.15, 0.2) is 18.2 Å². The molecule has 0 saturated heterocycles. The van der Waals surface area contributed by atoms with E-state index >= 15 is 0 Å². The summed E-state index contributed by atoms with van der Waals surface area (Å²) in [5.41, 5.74) is 1.18. The molecule has 0 unspecified atom stereocenters. The number of hydrogen-bond donors (Lipinski definition) is 1. The van der Waals surface area contributed by atoms with Gasteiger partial charge in [-0.2, -0.15) is 0 Å². The monoisotopic (exact) mass is 238 g/mol. The average molecular weight is 238 g/mol. The third-order valence-corrected chi connectivity index (χ3v) is 2.68. The fraction of sp³-hybridized carbons (Fsp3) is 0.538. The molecule has 4 nitrogen and oxygen atoms in total. The first kappa shape index (κ1) is 13.8. The van der Waals surface area contributed by atoms with Crippen LogP contribution >= 0.6 is 0 Å². The summed E-state index contributed by atoms with van der Waals surface area (Å²) in [6.45, 7) is 1.86. The predicted octanol–water partition coefficient (Wildman–Crippen LogP) is 1.35. The molecular weight excluding hydrogens is 216 g/mol. The van der Waals surface area contributed by atoms with Crippen LogP contribution in [0.1, 0.15) is 5.56 Å². The Morgan fingerprint density at radius 2 is 2.00 bits per heavy atom. The van der Waals surface area contributed by atoms with Crippen molar-refractivity contribution in [1.82, 2.24) is 10.2 Å². The molecule has 0 radical (unpaired) electrons. The molecule has 0 atom stereocenters. The third kappa shape index (κ3) is 4.24. The van der Waals surface area contributed by atoms with Crippen LogP contribution in [-0.2, 0) is 6.42 Å². The molecule has 0 bridgehead atoms. The number of rotatable bonds is 7. The number of nitrogens with zero attached hydrogens (tertiary/aromatic N) is 1. The molecule has 0 spiro atoms. The second-order valence-electron chi connectivity index (χ2n) is 4.02. The van der Waals surface area contributed by atoms with Crippen molar-refractivity contribution >= 4 is 0 Å². The molecule has 0 fully saturated rings. The predicted molar refractivity (Wildman–Crippen MR) is 69.8 cm³/mol. The van der Waals surface area contributed by atoms with Gasteiger partial charge >= 0.3 is 0 Å². The molecule has 1 N–H and O–H groups in total. The van der Waals surface area contributed by atoms with E-state index in [2.05, 4.69) is 17.3 Å². The van der Waals surface area contributed by atoms with Crippen molar-refractivity contribution in [1.29, 1.82) is 0 Å². The van der Waals surface area contributed by atoms with Gasteiger partial charge in [0.2, 0.25) is 0 Å². The molecule has 0 aliphatic carbocycles. The van der Waals surface area contributed by atoms with Gasteiger partial charge in [-0.1, -0.05) is 0 Å². The summed E-state index contributed by atoms with van der Waals surface area (Å²) in [6.07, 6.45) is 0.943. The number of ether oxygens (including phenoxy) is 2. The van der Waals surface area contributed by atoms with Crippen molar-refractivity contribution in [3.63, 3.8) is 0 Å². The first-order valence-corrected chi connectivity index (χ1v) is 5.75. The van der Waals surface area contributed by atoms with Crippen molar-refractivity contribution in [3.05, 3.63) is 23.8 Å². The summed E-state index contributed by atoms with van der Waals surface area (Å²) < 4.78 is 10.6. The van der Waals surface area contributed by atoms with Gasteiger partial charge in [0.05, 0.1) is 14.2 Å². The van der Waals surface area contributed by atoms with Gasteiger partial charge in [0, 0.05) is 13.2 Å². The Hall–Kier alpha value is -1.26. The van der Waals surface area contributed by atoms with E-state index in [1.807, 2.05) is 25.2 Å². The maximum absolute atomic E-state index is 5.35. The summed E-state index contributed by atoms with van der Waals surface area (Å²) in [5, 5.41) is 3.12. The van der Waals surface area contributed by atoms with Crippen LogP contribution in [0.25, 0.3) is 0 Å². The first-order valence-electron chi connectivity index (χ1n) is 5.75. The van der Waals surface area contributed by atoms with Crippen LogP contribution in [0.4, 0.5) is 0 Å². The van der Waals surface area contributed by atoms with Crippen molar-refractivity contribution in [2.45, 2.75) is 6.42 Å². The Kier molecular flexibility index (Phi) is 5.80. The fourth-order valence-corrected chi connectivity index (χ4v) is 1.74. The number of benzene rings is 1. The van der Waals surface area contributed by atoms with Gasteiger partial charge < -0.3 is 14.8 Å². The van der Waals surface area contributed by atoms with Crippen LogP contribution < -0.4 is 14.8 Å². The van der Waals surface area contributed by atoms with Crippen molar-refractivity contribution < 1.29 is 9.47 Å². The van der Waals surface area contributed by atoms with Crippen LogP contribution in [0.5, 0.6) is 11.5 Å². The Morgan fingerprint density at radius 3 is 2.59 bits per heavy atom. The van der Waals surface area contributed by atoms with Crippen LogP contribution in [-0.4, -0.2) is 46.4 Å². The van der Waals surface area contributed by atoms with E-state index in [1.165, 1.54) is 5.56 Å². The summed E-state index contributed by atoms with van der Waals surface area (Å²) in [4.78, 5) is 2.22. The third-order valence-electron chi connectivity index (χ3n) is 2.68. The topological polar surface area (TPSA) is 33.7 Å². The summed E-state index contributed by atoms with van der Waals surface area (Å²) >= 11 is 0. The minimum Gasteiger partial charge on any atom is -0.497 e. The molecule has 0 saturated carbocycles. The van der Waals surface area contributed by atoms with Crippen LogP contribution in [0.3, 0.4) is 0 Å². The van der Waals surface area contributed by atoms with Gasteiger partial charge in [0.25, 0.3) is 0 Å². The highest BCUT2D eigenvalue weighted by Crippen LogP contribution is 2.24. The first-order chi connectivity index (χ1) is 8.21. The van der Waals surface area contributed by atoms with E-state index in [-0.39, 0.29) is 0 Å². The highest BCUT2D eigenvalue weighted by molar-refractivity contribution is 5.40. The fourth-order valence-electron chi connectivity index (χ4n) is 1.74. The van der Waals surface area contributed by atoms with E-state index < -0.39 is 0 Å². The van der Waals surface area contributed by atoms with E-state index in [1.54, 1.807) is 14.2 Å². The second-order valence-corrected chi connectivity index (χ2v) is 4.02. The zero-order valence-electron chi connectivity index (χ0n) is 11.1. The second kappa shape index (κ2) is 7.14. The molecule has 96 valence electrons. The Bertz CT molecular complexity index is 342. The molecule has 4 heteroatoms. The molecule has 0 amide bonds. The molecule has 0 aliphatic heterocycles. The van der Waals surface area contributed by atoms with Gasteiger partial charge in [0.15, 0.2) is 0 Å². The maximum Gasteiger partial charge on any atom is 0.122 e. The van der Waals surface area contributed by atoms with E-state index in [0.717, 1.165) is 31.1 Å². The minimum atomic E-state index is 0.872. The van der Waals surface area contributed by atoms with Gasteiger partial charge in [-0.25, -0.2) is 0 Å². The van der Waals surface area contributed by atoms with E-state index in [9.17, 15) is 0 Å². The van der Waals surface area contributed by atoms with Crippen molar-refractivity contribution in [3.8, 4) is 11.5 Å². The zero-order valence-corrected chi connectivity index (χ0v) is 11.1. The molecule has 1 aromatic carbocycles. The molecule has 0 aliphatic rings. The molecule has 0 heterocycles. The quantitative estimate of drug-likeness (QED) is 0.727.